The van der Waals surface area contributed by atoms with Gasteiger partial charge >= 0.3 is 0 Å². The third kappa shape index (κ3) is 4.58. The maximum atomic E-state index is 12.8. The Kier molecular flexibility index (Phi) is 6.00. The molecule has 2 heterocycles. The Morgan fingerprint density at radius 3 is 2.39 bits per heavy atom. The first kappa shape index (κ1) is 18.7. The third-order valence-corrected chi connectivity index (χ3v) is 6.01. The second-order valence-electron chi connectivity index (χ2n) is 7.01. The Hall–Kier alpha value is -2.69. The molecule has 0 spiro atoms. The lowest BCUT2D eigenvalue weighted by molar-refractivity contribution is -0.122. The topological polar surface area (TPSA) is 32.3 Å². The van der Waals surface area contributed by atoms with Crippen LogP contribution < -0.4 is 5.32 Å². The van der Waals surface area contributed by atoms with E-state index in [0.29, 0.717) is 6.54 Å². The molecule has 0 fully saturated rings. The standard InChI is InChI=1S/C24H24N2OS/c27-23(18-26-15-13-20(14-16-26)19-8-3-1-4-9-19)25-24(22-12-7-17-28-22)21-10-5-2-6-11-21/h1-13,17,24H,14-16,18H2,(H,25,27)/t24-/m1/s1. The van der Waals surface area contributed by atoms with Crippen LogP contribution in [0.2, 0.25) is 0 Å². The molecule has 3 aromatic rings. The van der Waals surface area contributed by atoms with Crippen molar-refractivity contribution in [3.05, 3.63) is 100 Å². The van der Waals surface area contributed by atoms with Crippen LogP contribution in [0.15, 0.2) is 84.3 Å². The number of nitrogens with one attached hydrogen (secondary N) is 1. The molecule has 4 heteroatoms. The summed E-state index contributed by atoms with van der Waals surface area (Å²) in [6, 6.07) is 24.7. The van der Waals surface area contributed by atoms with Gasteiger partial charge in [0.1, 0.15) is 0 Å². The van der Waals surface area contributed by atoms with E-state index in [0.717, 1.165) is 30.0 Å². The molecule has 1 aliphatic heterocycles. The molecule has 0 unspecified atom stereocenters. The molecular formula is C24H24N2OS. The van der Waals surface area contributed by atoms with Crippen LogP contribution in [0.1, 0.15) is 28.5 Å². The zero-order valence-corrected chi connectivity index (χ0v) is 16.6. The molecule has 1 aromatic heterocycles. The number of nitrogens with zero attached hydrogens (tertiary/aromatic N) is 1. The van der Waals surface area contributed by atoms with Crippen LogP contribution in [0.5, 0.6) is 0 Å². The van der Waals surface area contributed by atoms with Gasteiger partial charge in [0.05, 0.1) is 12.6 Å². The van der Waals surface area contributed by atoms with Crippen LogP contribution in [0.4, 0.5) is 0 Å². The van der Waals surface area contributed by atoms with Gasteiger partial charge in [-0.25, -0.2) is 0 Å². The SMILES string of the molecule is O=C(CN1CC=C(c2ccccc2)CC1)N[C@H](c1ccccc1)c1cccs1. The summed E-state index contributed by atoms with van der Waals surface area (Å²) in [5, 5.41) is 5.29. The molecule has 0 saturated carbocycles. The number of thiophene rings is 1. The van der Waals surface area contributed by atoms with Crippen molar-refractivity contribution < 1.29 is 4.79 Å². The van der Waals surface area contributed by atoms with Crippen molar-refractivity contribution in [2.24, 2.45) is 0 Å². The van der Waals surface area contributed by atoms with Gasteiger partial charge in [0.25, 0.3) is 0 Å². The molecule has 1 aliphatic rings. The Morgan fingerprint density at radius 2 is 1.75 bits per heavy atom. The van der Waals surface area contributed by atoms with Gasteiger partial charge in [-0.05, 0) is 34.6 Å². The molecule has 1 amide bonds. The molecule has 0 bridgehead atoms. The predicted octanol–water partition coefficient (Wildman–Crippen LogP) is 4.74. The summed E-state index contributed by atoms with van der Waals surface area (Å²) in [4.78, 5) is 16.1. The lowest BCUT2D eigenvalue weighted by atomic mass is 9.99. The van der Waals surface area contributed by atoms with Gasteiger partial charge in [0.2, 0.25) is 5.91 Å². The average molecular weight is 389 g/mol. The lowest BCUT2D eigenvalue weighted by Crippen LogP contribution is -2.40. The highest BCUT2D eigenvalue weighted by molar-refractivity contribution is 7.10. The highest BCUT2D eigenvalue weighted by Crippen LogP contribution is 2.26. The molecule has 0 aliphatic carbocycles. The van der Waals surface area contributed by atoms with Crippen molar-refractivity contribution in [2.45, 2.75) is 12.5 Å². The first-order chi connectivity index (χ1) is 13.8. The van der Waals surface area contributed by atoms with Crippen LogP contribution in [0.3, 0.4) is 0 Å². The van der Waals surface area contributed by atoms with Crippen molar-refractivity contribution >= 4 is 22.8 Å². The van der Waals surface area contributed by atoms with Gasteiger partial charge in [-0.3, -0.25) is 9.69 Å². The Labute approximate surface area is 170 Å². The van der Waals surface area contributed by atoms with E-state index in [2.05, 4.69) is 64.1 Å². The van der Waals surface area contributed by atoms with Crippen LogP contribution >= 0.6 is 11.3 Å². The van der Waals surface area contributed by atoms with E-state index in [1.807, 2.05) is 30.3 Å². The summed E-state index contributed by atoms with van der Waals surface area (Å²) >= 11 is 1.67. The zero-order chi connectivity index (χ0) is 19.2. The second-order valence-corrected chi connectivity index (χ2v) is 7.99. The zero-order valence-electron chi connectivity index (χ0n) is 15.8. The van der Waals surface area contributed by atoms with E-state index in [-0.39, 0.29) is 11.9 Å². The number of benzene rings is 2. The van der Waals surface area contributed by atoms with E-state index in [4.69, 9.17) is 0 Å². The van der Waals surface area contributed by atoms with E-state index in [1.54, 1.807) is 11.3 Å². The van der Waals surface area contributed by atoms with Crippen LogP contribution in [-0.2, 0) is 4.79 Å². The van der Waals surface area contributed by atoms with E-state index in [1.165, 1.54) is 11.1 Å². The van der Waals surface area contributed by atoms with Crippen molar-refractivity contribution in [1.29, 1.82) is 0 Å². The van der Waals surface area contributed by atoms with Crippen molar-refractivity contribution in [1.82, 2.24) is 10.2 Å². The summed E-state index contributed by atoms with van der Waals surface area (Å²) in [7, 11) is 0. The average Bonchev–Trinajstić information content (AvgIpc) is 3.28. The number of hydrogen-bond acceptors (Lipinski definition) is 3. The highest BCUT2D eigenvalue weighted by atomic mass is 32.1. The second kappa shape index (κ2) is 9.00. The van der Waals surface area contributed by atoms with Gasteiger partial charge in [-0.15, -0.1) is 11.3 Å². The largest absolute Gasteiger partial charge is 0.343 e. The van der Waals surface area contributed by atoms with Gasteiger partial charge < -0.3 is 5.32 Å². The number of carbonyl (C=O) groups excluding carboxylic acids is 1. The fourth-order valence-electron chi connectivity index (χ4n) is 3.60. The lowest BCUT2D eigenvalue weighted by Gasteiger charge is -2.27. The molecule has 3 nitrogen and oxygen atoms in total. The number of rotatable bonds is 6. The minimum atomic E-state index is -0.0890. The Balaban J connectivity index is 1.39. The van der Waals surface area contributed by atoms with Crippen LogP contribution in [0.25, 0.3) is 5.57 Å². The quantitative estimate of drug-likeness (QED) is 0.661. The van der Waals surface area contributed by atoms with E-state index < -0.39 is 0 Å². The van der Waals surface area contributed by atoms with Crippen LogP contribution in [-0.4, -0.2) is 30.4 Å². The number of carbonyl (C=O) groups is 1. The molecule has 4 rings (SSSR count). The van der Waals surface area contributed by atoms with Crippen molar-refractivity contribution in [3.8, 4) is 0 Å². The summed E-state index contributed by atoms with van der Waals surface area (Å²) in [5.74, 6) is 0.0683. The molecule has 142 valence electrons. The van der Waals surface area contributed by atoms with Gasteiger partial charge in [0, 0.05) is 18.0 Å². The Morgan fingerprint density at radius 1 is 1.00 bits per heavy atom. The summed E-state index contributed by atoms with van der Waals surface area (Å²) in [5.41, 5.74) is 3.77. The number of amides is 1. The molecular weight excluding hydrogens is 364 g/mol. The Bertz CT molecular complexity index is 920. The summed E-state index contributed by atoms with van der Waals surface area (Å²) < 4.78 is 0. The fourth-order valence-corrected chi connectivity index (χ4v) is 4.40. The minimum absolute atomic E-state index is 0.0683. The van der Waals surface area contributed by atoms with Crippen molar-refractivity contribution in [2.75, 3.05) is 19.6 Å². The van der Waals surface area contributed by atoms with Crippen molar-refractivity contribution in [3.63, 3.8) is 0 Å². The van der Waals surface area contributed by atoms with E-state index >= 15 is 0 Å². The minimum Gasteiger partial charge on any atom is -0.343 e. The smallest absolute Gasteiger partial charge is 0.234 e. The monoisotopic (exact) mass is 388 g/mol. The normalized spacial score (nSPS) is 15.6. The molecule has 1 N–H and O–H groups in total. The number of hydrogen-bond donors (Lipinski definition) is 1. The van der Waals surface area contributed by atoms with Gasteiger partial charge in [-0.2, -0.15) is 0 Å². The van der Waals surface area contributed by atoms with Crippen LogP contribution in [0, 0.1) is 0 Å². The highest BCUT2D eigenvalue weighted by Gasteiger charge is 2.20. The summed E-state index contributed by atoms with van der Waals surface area (Å²) in [6.45, 7) is 2.14. The molecule has 28 heavy (non-hydrogen) atoms. The summed E-state index contributed by atoms with van der Waals surface area (Å²) in [6.07, 6.45) is 3.23. The molecule has 2 aromatic carbocycles. The first-order valence-corrected chi connectivity index (χ1v) is 10.5. The van der Waals surface area contributed by atoms with Gasteiger partial charge in [0.15, 0.2) is 0 Å². The fraction of sp³-hybridized carbons (Fsp3) is 0.208. The van der Waals surface area contributed by atoms with Gasteiger partial charge in [-0.1, -0.05) is 72.8 Å². The molecule has 0 saturated heterocycles. The third-order valence-electron chi connectivity index (χ3n) is 5.07. The maximum Gasteiger partial charge on any atom is 0.234 e. The molecule has 0 radical (unpaired) electrons. The molecule has 1 atom stereocenters. The predicted molar refractivity (Wildman–Crippen MR) is 116 cm³/mol. The van der Waals surface area contributed by atoms with E-state index in [9.17, 15) is 4.79 Å². The maximum absolute atomic E-state index is 12.8. The first-order valence-electron chi connectivity index (χ1n) is 9.64.